The highest BCUT2D eigenvalue weighted by Gasteiger charge is 2.38. The number of halogens is 3. The minimum absolute atomic E-state index is 0.138. The zero-order valence-electron chi connectivity index (χ0n) is 14.5. The van der Waals surface area contributed by atoms with Crippen LogP contribution in [0.3, 0.4) is 0 Å². The van der Waals surface area contributed by atoms with Crippen molar-refractivity contribution in [3.05, 3.63) is 41.5 Å². The SMILES string of the molecule is CN(C)CCCNc1cc(C(F)(F)F)c(C#N)c2[nH]c3ccccc3[n+]12. The number of hydrogen-bond donors (Lipinski definition) is 2. The van der Waals surface area contributed by atoms with E-state index >= 15 is 0 Å². The van der Waals surface area contributed by atoms with Gasteiger partial charge in [0.1, 0.15) is 22.7 Å². The molecule has 2 aromatic heterocycles. The fraction of sp³-hybridized carbons (Fsp3) is 0.333. The number of fused-ring (bicyclic) bond motifs is 3. The van der Waals surface area contributed by atoms with E-state index in [1.54, 1.807) is 28.7 Å². The Morgan fingerprint density at radius 3 is 2.65 bits per heavy atom. The van der Waals surface area contributed by atoms with Crippen LogP contribution < -0.4 is 9.72 Å². The second kappa shape index (κ2) is 6.84. The molecule has 1 aromatic carbocycles. The molecule has 0 radical (unpaired) electrons. The van der Waals surface area contributed by atoms with Gasteiger partial charge in [0.25, 0.3) is 5.65 Å². The van der Waals surface area contributed by atoms with Crippen LogP contribution in [0.15, 0.2) is 30.3 Å². The van der Waals surface area contributed by atoms with Gasteiger partial charge in [-0.05, 0) is 32.6 Å². The first-order valence-corrected chi connectivity index (χ1v) is 8.18. The predicted octanol–water partition coefficient (Wildman–Crippen LogP) is 3.16. The number of hydrogen-bond acceptors (Lipinski definition) is 3. The summed E-state index contributed by atoms with van der Waals surface area (Å²) < 4.78 is 42.1. The van der Waals surface area contributed by atoms with Crippen molar-refractivity contribution < 1.29 is 17.6 Å². The number of H-pyrrole nitrogens is 1. The van der Waals surface area contributed by atoms with E-state index in [2.05, 4.69) is 10.3 Å². The number of nitriles is 1. The number of alkyl halides is 3. The molecule has 8 heteroatoms. The third-order valence-corrected chi connectivity index (χ3v) is 4.16. The molecule has 0 amide bonds. The highest BCUT2D eigenvalue weighted by atomic mass is 19.4. The molecule has 26 heavy (non-hydrogen) atoms. The van der Waals surface area contributed by atoms with E-state index in [1.807, 2.05) is 25.1 Å². The van der Waals surface area contributed by atoms with E-state index < -0.39 is 17.3 Å². The van der Waals surface area contributed by atoms with Gasteiger partial charge in [0.15, 0.2) is 0 Å². The maximum Gasteiger partial charge on any atom is 0.418 e. The number of aromatic amines is 1. The molecule has 0 fully saturated rings. The van der Waals surface area contributed by atoms with Gasteiger partial charge in [-0.1, -0.05) is 12.1 Å². The van der Waals surface area contributed by atoms with Gasteiger partial charge in [0, 0.05) is 12.6 Å². The number of rotatable bonds is 5. The topological polar surface area (TPSA) is 59.0 Å². The first-order chi connectivity index (χ1) is 12.3. The Morgan fingerprint density at radius 1 is 1.27 bits per heavy atom. The number of nitrogens with zero attached hydrogens (tertiary/aromatic N) is 3. The van der Waals surface area contributed by atoms with E-state index in [4.69, 9.17) is 0 Å². The van der Waals surface area contributed by atoms with E-state index in [9.17, 15) is 18.4 Å². The van der Waals surface area contributed by atoms with Crippen molar-refractivity contribution in [3.63, 3.8) is 0 Å². The normalized spacial score (nSPS) is 12.0. The lowest BCUT2D eigenvalue weighted by molar-refractivity contribution is -0.465. The predicted molar refractivity (Wildman–Crippen MR) is 92.8 cm³/mol. The number of imidazole rings is 1. The van der Waals surface area contributed by atoms with Crippen LogP contribution >= 0.6 is 0 Å². The molecule has 0 spiro atoms. The number of benzene rings is 1. The molecule has 0 saturated heterocycles. The monoisotopic (exact) mass is 362 g/mol. The first-order valence-electron chi connectivity index (χ1n) is 8.18. The Labute approximate surface area is 148 Å². The van der Waals surface area contributed by atoms with E-state index in [1.165, 1.54) is 0 Å². The highest BCUT2D eigenvalue weighted by molar-refractivity contribution is 5.77. The molecule has 5 nitrogen and oxygen atoms in total. The van der Waals surface area contributed by atoms with Gasteiger partial charge in [-0.15, -0.1) is 0 Å². The summed E-state index contributed by atoms with van der Waals surface area (Å²) >= 11 is 0. The van der Waals surface area contributed by atoms with Crippen LogP contribution in [0.25, 0.3) is 16.7 Å². The van der Waals surface area contributed by atoms with Crippen LogP contribution in [0.5, 0.6) is 0 Å². The Kier molecular flexibility index (Phi) is 4.74. The van der Waals surface area contributed by atoms with Crippen LogP contribution in [0.1, 0.15) is 17.5 Å². The maximum atomic E-state index is 13.5. The summed E-state index contributed by atoms with van der Waals surface area (Å²) in [6.07, 6.45) is -3.84. The van der Waals surface area contributed by atoms with Gasteiger partial charge in [-0.25, -0.2) is 0 Å². The van der Waals surface area contributed by atoms with Crippen LogP contribution in [0.4, 0.5) is 19.0 Å². The number of para-hydroxylation sites is 2. The lowest BCUT2D eigenvalue weighted by atomic mass is 10.1. The molecule has 2 heterocycles. The molecule has 2 N–H and O–H groups in total. The Balaban J connectivity index is 2.19. The van der Waals surface area contributed by atoms with Crippen molar-refractivity contribution in [2.75, 3.05) is 32.5 Å². The molecule has 0 aliphatic rings. The summed E-state index contributed by atoms with van der Waals surface area (Å²) in [5, 5.41) is 12.5. The lowest BCUT2D eigenvalue weighted by Gasteiger charge is -2.12. The summed E-state index contributed by atoms with van der Waals surface area (Å²) in [4.78, 5) is 4.96. The summed E-state index contributed by atoms with van der Waals surface area (Å²) in [6.45, 7) is 1.33. The van der Waals surface area contributed by atoms with Crippen molar-refractivity contribution in [1.29, 1.82) is 5.26 Å². The van der Waals surface area contributed by atoms with Gasteiger partial charge < -0.3 is 10.2 Å². The van der Waals surface area contributed by atoms with Gasteiger partial charge in [0.2, 0.25) is 5.82 Å². The third kappa shape index (κ3) is 3.30. The molecule has 3 rings (SSSR count). The number of aromatic nitrogens is 2. The molecule has 0 unspecified atom stereocenters. The van der Waals surface area contributed by atoms with E-state index in [-0.39, 0.29) is 5.65 Å². The fourth-order valence-electron chi connectivity index (χ4n) is 2.98. The maximum absolute atomic E-state index is 13.5. The Bertz CT molecular complexity index is 982. The second-order valence-electron chi connectivity index (χ2n) is 6.34. The summed E-state index contributed by atoms with van der Waals surface area (Å²) in [5.41, 5.74) is 0.162. The molecular formula is C18H19F3N5+. The van der Waals surface area contributed by atoms with Crippen LogP contribution in [0.2, 0.25) is 0 Å². The third-order valence-electron chi connectivity index (χ3n) is 4.16. The molecular weight excluding hydrogens is 343 g/mol. The lowest BCUT2D eigenvalue weighted by Crippen LogP contribution is -2.30. The fourth-order valence-corrected chi connectivity index (χ4v) is 2.98. The zero-order chi connectivity index (χ0) is 18.9. The minimum Gasteiger partial charge on any atom is -0.309 e. The summed E-state index contributed by atoms with van der Waals surface area (Å²) in [7, 11) is 3.88. The van der Waals surface area contributed by atoms with Gasteiger partial charge in [-0.2, -0.15) is 22.8 Å². The molecule has 0 atom stereocenters. The summed E-state index contributed by atoms with van der Waals surface area (Å²) in [6, 6.07) is 9.90. The number of pyridine rings is 1. The largest absolute Gasteiger partial charge is 0.418 e. The second-order valence-corrected chi connectivity index (χ2v) is 6.34. The molecule has 0 aliphatic carbocycles. The Morgan fingerprint density at radius 2 is 2.00 bits per heavy atom. The van der Waals surface area contributed by atoms with Crippen molar-refractivity contribution in [2.24, 2.45) is 0 Å². The molecule has 3 aromatic rings. The van der Waals surface area contributed by atoms with E-state index in [0.717, 1.165) is 19.0 Å². The van der Waals surface area contributed by atoms with Gasteiger partial charge >= 0.3 is 6.18 Å². The first kappa shape index (κ1) is 18.0. The quantitative estimate of drug-likeness (QED) is 0.541. The average Bonchev–Trinajstić information content (AvgIpc) is 2.96. The smallest absolute Gasteiger partial charge is 0.309 e. The molecule has 0 saturated carbocycles. The van der Waals surface area contributed by atoms with Crippen molar-refractivity contribution in [3.8, 4) is 6.07 Å². The van der Waals surface area contributed by atoms with Crippen LogP contribution in [0, 0.1) is 11.3 Å². The number of anilines is 1. The average molecular weight is 362 g/mol. The minimum atomic E-state index is -4.61. The summed E-state index contributed by atoms with van der Waals surface area (Å²) in [5.74, 6) is 0.308. The van der Waals surface area contributed by atoms with E-state index in [0.29, 0.717) is 23.4 Å². The van der Waals surface area contributed by atoms with Gasteiger partial charge in [0.05, 0.1) is 12.1 Å². The molecule has 0 aliphatic heterocycles. The highest BCUT2D eigenvalue weighted by Crippen LogP contribution is 2.34. The van der Waals surface area contributed by atoms with Gasteiger partial charge in [-0.3, -0.25) is 4.98 Å². The molecule has 136 valence electrons. The van der Waals surface area contributed by atoms with Crippen molar-refractivity contribution in [1.82, 2.24) is 9.88 Å². The standard InChI is InChI=1S/C18H18F3N5/c1-25(2)9-5-8-23-16-10-13(18(19,20)21)12(11-22)17-24-14-6-3-4-7-15(14)26(16)17/h3-4,6-7,10H,5,8-9H2,1-2H3,(H,23,24)/p+1. The number of nitrogens with one attached hydrogen (secondary N) is 2. The molecule has 0 bridgehead atoms. The zero-order valence-corrected chi connectivity index (χ0v) is 14.5. The van der Waals surface area contributed by atoms with Crippen molar-refractivity contribution in [2.45, 2.75) is 12.6 Å². The van der Waals surface area contributed by atoms with Crippen molar-refractivity contribution >= 4 is 22.5 Å². The van der Waals surface area contributed by atoms with Crippen LogP contribution in [-0.4, -0.2) is 37.1 Å². The Hall–Kier alpha value is -2.79. The van der Waals surface area contributed by atoms with Crippen LogP contribution in [-0.2, 0) is 6.18 Å².